The number of benzene rings is 2. The van der Waals surface area contributed by atoms with Crippen molar-refractivity contribution >= 4 is 40.6 Å². The van der Waals surface area contributed by atoms with Crippen LogP contribution in [0.4, 0.5) is 5.69 Å². The summed E-state index contributed by atoms with van der Waals surface area (Å²) in [5, 5.41) is 9.51. The quantitative estimate of drug-likeness (QED) is 0.732. The largest absolute Gasteiger partial charge is 0.494 e. The van der Waals surface area contributed by atoms with Crippen LogP contribution in [0.1, 0.15) is 29.3 Å². The summed E-state index contributed by atoms with van der Waals surface area (Å²) in [5.74, 6) is -0.311. The van der Waals surface area contributed by atoms with E-state index in [1.54, 1.807) is 19.2 Å². The van der Waals surface area contributed by atoms with Gasteiger partial charge < -0.3 is 9.84 Å². The molecule has 7 heteroatoms. The summed E-state index contributed by atoms with van der Waals surface area (Å²) in [7, 11) is 1.67. The Morgan fingerprint density at radius 3 is 2.46 bits per heavy atom. The molecule has 0 aromatic heterocycles. The highest BCUT2D eigenvalue weighted by Crippen LogP contribution is 2.33. The van der Waals surface area contributed by atoms with Crippen molar-refractivity contribution < 1.29 is 19.4 Å². The number of ether oxygens (including phenoxy) is 1. The third kappa shape index (κ3) is 4.61. The van der Waals surface area contributed by atoms with Gasteiger partial charge in [-0.05, 0) is 66.2 Å². The van der Waals surface area contributed by atoms with Crippen LogP contribution in [0.2, 0.25) is 0 Å². The number of amidine groups is 1. The molecule has 28 heavy (non-hydrogen) atoms. The van der Waals surface area contributed by atoms with E-state index in [1.165, 1.54) is 28.8 Å². The fourth-order valence-electron chi connectivity index (χ4n) is 2.47. The Kier molecular flexibility index (Phi) is 6.16. The standard InChI is InChI=1S/C21H20N2O4S/c1-3-12-27-17-10-4-14(5-11-17)13-18-19(24)23(2)21(28-18)22-16-8-6-15(7-9-16)20(25)26/h4-11,13H,3,12H2,1-2H3,(H,25,26)/b18-13+,22-21?. The minimum atomic E-state index is -0.988. The molecule has 0 aliphatic carbocycles. The van der Waals surface area contributed by atoms with Crippen molar-refractivity contribution in [1.82, 2.24) is 4.90 Å². The molecule has 144 valence electrons. The molecule has 1 amide bonds. The van der Waals surface area contributed by atoms with Crippen molar-refractivity contribution in [3.63, 3.8) is 0 Å². The van der Waals surface area contributed by atoms with E-state index < -0.39 is 5.97 Å². The van der Waals surface area contributed by atoms with Gasteiger partial charge in [-0.2, -0.15) is 0 Å². The molecule has 0 saturated carbocycles. The average molecular weight is 396 g/mol. The van der Waals surface area contributed by atoms with Crippen LogP contribution < -0.4 is 4.74 Å². The van der Waals surface area contributed by atoms with Crippen LogP contribution in [0.5, 0.6) is 5.75 Å². The number of hydrogen-bond acceptors (Lipinski definition) is 5. The summed E-state index contributed by atoms with van der Waals surface area (Å²) in [6.07, 6.45) is 2.77. The number of thioether (sulfide) groups is 1. The molecule has 0 bridgehead atoms. The van der Waals surface area contributed by atoms with Gasteiger partial charge in [0.25, 0.3) is 5.91 Å². The van der Waals surface area contributed by atoms with Crippen molar-refractivity contribution in [2.45, 2.75) is 13.3 Å². The Morgan fingerprint density at radius 1 is 1.18 bits per heavy atom. The SMILES string of the molecule is CCCOc1ccc(/C=C2/SC(=Nc3ccc(C(=O)O)cc3)N(C)C2=O)cc1. The Hall–Kier alpha value is -3.06. The fourth-order valence-corrected chi connectivity index (χ4v) is 3.46. The zero-order chi connectivity index (χ0) is 20.1. The Bertz CT molecular complexity index is 934. The molecule has 0 spiro atoms. The minimum Gasteiger partial charge on any atom is -0.494 e. The Balaban J connectivity index is 1.77. The molecule has 3 rings (SSSR count). The molecule has 1 fully saturated rings. The van der Waals surface area contributed by atoms with Gasteiger partial charge in [-0.3, -0.25) is 9.69 Å². The maximum Gasteiger partial charge on any atom is 0.335 e. The summed E-state index contributed by atoms with van der Waals surface area (Å²) in [4.78, 5) is 30.0. The van der Waals surface area contributed by atoms with Gasteiger partial charge in [-0.1, -0.05) is 19.1 Å². The number of amides is 1. The number of aliphatic imine (C=N–C) groups is 1. The smallest absolute Gasteiger partial charge is 0.335 e. The number of carboxylic acids is 1. The highest BCUT2D eigenvalue weighted by Gasteiger charge is 2.30. The number of carboxylic acid groups (broad SMARTS) is 1. The van der Waals surface area contributed by atoms with Crippen molar-refractivity contribution in [1.29, 1.82) is 0 Å². The molecule has 2 aromatic carbocycles. The second-order valence-electron chi connectivity index (χ2n) is 6.14. The van der Waals surface area contributed by atoms with Gasteiger partial charge in [-0.15, -0.1) is 0 Å². The first kappa shape index (κ1) is 19.7. The van der Waals surface area contributed by atoms with Gasteiger partial charge in [-0.25, -0.2) is 9.79 Å². The average Bonchev–Trinajstić information content (AvgIpc) is 2.95. The first-order valence-electron chi connectivity index (χ1n) is 8.80. The van der Waals surface area contributed by atoms with E-state index in [9.17, 15) is 9.59 Å². The lowest BCUT2D eigenvalue weighted by Crippen LogP contribution is -2.23. The summed E-state index contributed by atoms with van der Waals surface area (Å²) in [6, 6.07) is 13.8. The van der Waals surface area contributed by atoms with Crippen molar-refractivity contribution in [3.8, 4) is 5.75 Å². The van der Waals surface area contributed by atoms with Crippen LogP contribution in [-0.4, -0.2) is 40.7 Å². The molecule has 1 saturated heterocycles. The van der Waals surface area contributed by atoms with E-state index in [-0.39, 0.29) is 11.5 Å². The summed E-state index contributed by atoms with van der Waals surface area (Å²) in [5.41, 5.74) is 1.69. The van der Waals surface area contributed by atoms with Crippen LogP contribution in [0.15, 0.2) is 58.4 Å². The lowest BCUT2D eigenvalue weighted by atomic mass is 10.2. The molecule has 1 aliphatic rings. The second kappa shape index (κ2) is 8.75. The number of rotatable bonds is 6. The number of carbonyl (C=O) groups excluding carboxylic acids is 1. The third-order valence-corrected chi connectivity index (χ3v) is 5.05. The first-order chi connectivity index (χ1) is 13.5. The number of hydrogen-bond donors (Lipinski definition) is 1. The number of carbonyl (C=O) groups is 2. The van der Waals surface area contributed by atoms with E-state index >= 15 is 0 Å². The summed E-state index contributed by atoms with van der Waals surface area (Å²) in [6.45, 7) is 2.73. The van der Waals surface area contributed by atoms with Gasteiger partial charge >= 0.3 is 5.97 Å². The number of likely N-dealkylation sites (N-methyl/N-ethyl adjacent to an activating group) is 1. The Labute approximate surface area is 167 Å². The van der Waals surface area contributed by atoms with Gasteiger partial charge in [0.2, 0.25) is 0 Å². The van der Waals surface area contributed by atoms with E-state index in [2.05, 4.69) is 11.9 Å². The van der Waals surface area contributed by atoms with Gasteiger partial charge in [0, 0.05) is 7.05 Å². The van der Waals surface area contributed by atoms with Crippen molar-refractivity contribution in [2.24, 2.45) is 4.99 Å². The maximum atomic E-state index is 12.5. The summed E-state index contributed by atoms with van der Waals surface area (Å²) < 4.78 is 5.57. The van der Waals surface area contributed by atoms with Gasteiger partial charge in [0.15, 0.2) is 5.17 Å². The van der Waals surface area contributed by atoms with Crippen LogP contribution in [0.25, 0.3) is 6.08 Å². The lowest BCUT2D eigenvalue weighted by molar-refractivity contribution is -0.121. The molecule has 2 aromatic rings. The first-order valence-corrected chi connectivity index (χ1v) is 9.62. The lowest BCUT2D eigenvalue weighted by Gasteiger charge is -2.07. The highest BCUT2D eigenvalue weighted by molar-refractivity contribution is 8.18. The molecule has 0 atom stereocenters. The Morgan fingerprint density at radius 2 is 1.86 bits per heavy atom. The van der Waals surface area contributed by atoms with E-state index in [4.69, 9.17) is 9.84 Å². The van der Waals surface area contributed by atoms with Crippen LogP contribution in [0.3, 0.4) is 0 Å². The molecule has 1 N–H and O–H groups in total. The zero-order valence-electron chi connectivity index (χ0n) is 15.6. The molecular formula is C21H20N2O4S. The van der Waals surface area contributed by atoms with Crippen molar-refractivity contribution in [3.05, 3.63) is 64.6 Å². The monoisotopic (exact) mass is 396 g/mol. The molecule has 6 nitrogen and oxygen atoms in total. The van der Waals surface area contributed by atoms with E-state index in [0.717, 1.165) is 17.7 Å². The van der Waals surface area contributed by atoms with Gasteiger partial charge in [0.1, 0.15) is 5.75 Å². The van der Waals surface area contributed by atoms with Crippen molar-refractivity contribution in [2.75, 3.05) is 13.7 Å². The normalized spacial score (nSPS) is 16.8. The highest BCUT2D eigenvalue weighted by atomic mass is 32.2. The number of aromatic carboxylic acids is 1. The molecule has 1 aliphatic heterocycles. The fraction of sp³-hybridized carbons (Fsp3) is 0.190. The molecule has 0 unspecified atom stereocenters. The predicted molar refractivity (Wildman–Crippen MR) is 111 cm³/mol. The van der Waals surface area contributed by atoms with Gasteiger partial charge in [0.05, 0.1) is 22.8 Å². The third-order valence-electron chi connectivity index (χ3n) is 3.99. The molecule has 1 heterocycles. The second-order valence-corrected chi connectivity index (χ2v) is 7.15. The van der Waals surface area contributed by atoms with Crippen LogP contribution >= 0.6 is 11.8 Å². The topological polar surface area (TPSA) is 79.2 Å². The van der Waals surface area contributed by atoms with Crippen LogP contribution in [-0.2, 0) is 4.79 Å². The van der Waals surface area contributed by atoms with E-state index in [1.807, 2.05) is 30.3 Å². The minimum absolute atomic E-state index is 0.128. The zero-order valence-corrected chi connectivity index (χ0v) is 16.4. The predicted octanol–water partition coefficient (Wildman–Crippen LogP) is 4.41. The number of nitrogens with zero attached hydrogens (tertiary/aromatic N) is 2. The molecular weight excluding hydrogens is 376 g/mol. The van der Waals surface area contributed by atoms with E-state index in [0.29, 0.717) is 22.4 Å². The maximum absolute atomic E-state index is 12.5. The van der Waals surface area contributed by atoms with Crippen LogP contribution in [0, 0.1) is 0 Å². The summed E-state index contributed by atoms with van der Waals surface area (Å²) >= 11 is 1.29. The molecule has 0 radical (unpaired) electrons.